The third-order valence-electron chi connectivity index (χ3n) is 6.50. The molecule has 1 N–H and O–H groups in total. The fraction of sp³-hybridized carbons (Fsp3) is 0.385. The molecular weight excluding hydrogens is 376 g/mol. The predicted octanol–water partition coefficient (Wildman–Crippen LogP) is 5.91. The first kappa shape index (κ1) is 20.4. The Bertz CT molecular complexity index is 1110. The second-order valence-electron chi connectivity index (χ2n) is 8.20. The standard InChI is InChI=1S/C26H28O4/c1-3-16-9-8-14-19-22(16)15-18-11-7-10-17(4-2)23(18)24(19)30-26(29)21-13-6-5-12-20(21)25(27)28/h7-11,14-15,20-21H,3-6,12-13H2,1-2H3,(H,27,28). The van der Waals surface area contributed by atoms with Crippen molar-refractivity contribution in [3.05, 3.63) is 53.6 Å². The van der Waals surface area contributed by atoms with E-state index < -0.39 is 23.8 Å². The molecule has 0 aromatic heterocycles. The zero-order chi connectivity index (χ0) is 21.3. The minimum atomic E-state index is -0.901. The summed E-state index contributed by atoms with van der Waals surface area (Å²) in [5.41, 5.74) is 2.33. The van der Waals surface area contributed by atoms with Crippen LogP contribution >= 0.6 is 0 Å². The van der Waals surface area contributed by atoms with E-state index in [1.54, 1.807) is 0 Å². The number of benzene rings is 3. The molecule has 0 amide bonds. The van der Waals surface area contributed by atoms with Crippen molar-refractivity contribution < 1.29 is 19.4 Å². The van der Waals surface area contributed by atoms with Gasteiger partial charge in [-0.2, -0.15) is 0 Å². The number of carboxylic acid groups (broad SMARTS) is 1. The fourth-order valence-electron chi connectivity index (χ4n) is 4.88. The van der Waals surface area contributed by atoms with E-state index in [0.29, 0.717) is 18.6 Å². The van der Waals surface area contributed by atoms with E-state index in [2.05, 4.69) is 38.1 Å². The van der Waals surface area contributed by atoms with Crippen LogP contribution in [0.25, 0.3) is 21.5 Å². The zero-order valence-electron chi connectivity index (χ0n) is 17.6. The summed E-state index contributed by atoms with van der Waals surface area (Å²) in [6.07, 6.45) is 4.51. The Kier molecular flexibility index (Phi) is 5.76. The summed E-state index contributed by atoms with van der Waals surface area (Å²) in [6, 6.07) is 14.4. The lowest BCUT2D eigenvalue weighted by molar-refractivity contribution is -0.153. The van der Waals surface area contributed by atoms with Crippen molar-refractivity contribution in [2.24, 2.45) is 11.8 Å². The lowest BCUT2D eigenvalue weighted by atomic mass is 9.79. The van der Waals surface area contributed by atoms with E-state index in [9.17, 15) is 14.7 Å². The summed E-state index contributed by atoms with van der Waals surface area (Å²) < 4.78 is 6.10. The van der Waals surface area contributed by atoms with Gasteiger partial charge in [-0.1, -0.05) is 63.1 Å². The molecule has 3 aromatic carbocycles. The van der Waals surface area contributed by atoms with Crippen molar-refractivity contribution in [2.45, 2.75) is 52.4 Å². The normalized spacial score (nSPS) is 19.1. The molecule has 2 atom stereocenters. The van der Waals surface area contributed by atoms with E-state index in [-0.39, 0.29) is 0 Å². The van der Waals surface area contributed by atoms with Gasteiger partial charge in [0.15, 0.2) is 0 Å². The van der Waals surface area contributed by atoms with Crippen LogP contribution in [0.3, 0.4) is 0 Å². The molecule has 156 valence electrons. The van der Waals surface area contributed by atoms with Crippen molar-refractivity contribution in [1.29, 1.82) is 0 Å². The predicted molar refractivity (Wildman–Crippen MR) is 119 cm³/mol. The fourth-order valence-corrected chi connectivity index (χ4v) is 4.88. The van der Waals surface area contributed by atoms with Gasteiger partial charge in [0.25, 0.3) is 0 Å². The summed E-state index contributed by atoms with van der Waals surface area (Å²) in [5, 5.41) is 13.6. The molecule has 1 aliphatic carbocycles. The van der Waals surface area contributed by atoms with Gasteiger partial charge in [-0.3, -0.25) is 9.59 Å². The molecule has 0 heterocycles. The van der Waals surface area contributed by atoms with Crippen LogP contribution in [0.5, 0.6) is 5.75 Å². The Morgan fingerprint density at radius 3 is 2.30 bits per heavy atom. The first-order valence-corrected chi connectivity index (χ1v) is 11.0. The highest BCUT2D eigenvalue weighted by atomic mass is 16.5. The van der Waals surface area contributed by atoms with Crippen LogP contribution in [-0.4, -0.2) is 17.0 Å². The second-order valence-corrected chi connectivity index (χ2v) is 8.20. The Morgan fingerprint density at radius 2 is 1.60 bits per heavy atom. The zero-order valence-corrected chi connectivity index (χ0v) is 17.6. The van der Waals surface area contributed by atoms with Gasteiger partial charge in [0.05, 0.1) is 11.8 Å². The number of esters is 1. The molecule has 0 spiro atoms. The van der Waals surface area contributed by atoms with Gasteiger partial charge in [-0.15, -0.1) is 0 Å². The van der Waals surface area contributed by atoms with Crippen LogP contribution in [0.15, 0.2) is 42.5 Å². The molecule has 1 fully saturated rings. The van der Waals surface area contributed by atoms with Crippen LogP contribution in [0.1, 0.15) is 50.7 Å². The van der Waals surface area contributed by atoms with E-state index >= 15 is 0 Å². The van der Waals surface area contributed by atoms with Crippen molar-refractivity contribution in [3.8, 4) is 5.75 Å². The Hall–Kier alpha value is -2.88. The van der Waals surface area contributed by atoms with Gasteiger partial charge in [0, 0.05) is 10.8 Å². The monoisotopic (exact) mass is 404 g/mol. The molecule has 1 aliphatic rings. The number of carbonyl (C=O) groups excluding carboxylic acids is 1. The van der Waals surface area contributed by atoms with Gasteiger partial charge < -0.3 is 9.84 Å². The summed E-state index contributed by atoms with van der Waals surface area (Å²) in [7, 11) is 0. The number of carboxylic acids is 1. The number of ether oxygens (including phenoxy) is 1. The van der Waals surface area contributed by atoms with Crippen LogP contribution in [0.4, 0.5) is 0 Å². The highest BCUT2D eigenvalue weighted by Crippen LogP contribution is 2.40. The van der Waals surface area contributed by atoms with Crippen molar-refractivity contribution in [2.75, 3.05) is 0 Å². The smallest absolute Gasteiger partial charge is 0.315 e. The first-order chi connectivity index (χ1) is 14.5. The maximum atomic E-state index is 13.2. The molecule has 3 aromatic rings. The molecule has 0 aliphatic heterocycles. The van der Waals surface area contributed by atoms with Crippen molar-refractivity contribution in [3.63, 3.8) is 0 Å². The number of fused-ring (bicyclic) bond motifs is 2. The van der Waals surface area contributed by atoms with E-state index in [4.69, 9.17) is 4.74 Å². The summed E-state index contributed by atoms with van der Waals surface area (Å²) in [5.74, 6) is -1.99. The number of hydrogen-bond acceptors (Lipinski definition) is 3. The van der Waals surface area contributed by atoms with E-state index in [1.807, 2.05) is 18.2 Å². The largest absolute Gasteiger partial charge is 0.481 e. The highest BCUT2D eigenvalue weighted by molar-refractivity contribution is 6.09. The molecule has 4 nitrogen and oxygen atoms in total. The average Bonchev–Trinajstić information content (AvgIpc) is 2.77. The van der Waals surface area contributed by atoms with Crippen molar-refractivity contribution >= 4 is 33.5 Å². The lowest BCUT2D eigenvalue weighted by Crippen LogP contribution is -2.35. The number of aliphatic carboxylic acids is 1. The second kappa shape index (κ2) is 8.47. The maximum Gasteiger partial charge on any atom is 0.315 e. The molecule has 1 saturated carbocycles. The maximum absolute atomic E-state index is 13.2. The molecule has 4 heteroatoms. The van der Waals surface area contributed by atoms with Crippen LogP contribution in [0, 0.1) is 11.8 Å². The van der Waals surface area contributed by atoms with E-state index in [0.717, 1.165) is 52.8 Å². The number of rotatable bonds is 5. The molecular formula is C26H28O4. The topological polar surface area (TPSA) is 63.6 Å². The third kappa shape index (κ3) is 3.55. The van der Waals surface area contributed by atoms with Crippen LogP contribution in [-0.2, 0) is 22.4 Å². The molecule has 30 heavy (non-hydrogen) atoms. The van der Waals surface area contributed by atoms with E-state index in [1.165, 1.54) is 5.56 Å². The molecule has 4 rings (SSSR count). The highest BCUT2D eigenvalue weighted by Gasteiger charge is 2.37. The van der Waals surface area contributed by atoms with Crippen molar-refractivity contribution in [1.82, 2.24) is 0 Å². The number of hydrogen-bond donors (Lipinski definition) is 1. The molecule has 0 saturated heterocycles. The van der Waals surface area contributed by atoms with Gasteiger partial charge in [0.1, 0.15) is 5.75 Å². The quantitative estimate of drug-likeness (QED) is 0.326. The van der Waals surface area contributed by atoms with Gasteiger partial charge >= 0.3 is 11.9 Å². The first-order valence-electron chi connectivity index (χ1n) is 11.0. The van der Waals surface area contributed by atoms with Gasteiger partial charge in [0.2, 0.25) is 0 Å². The van der Waals surface area contributed by atoms with Crippen LogP contribution < -0.4 is 4.74 Å². The SMILES string of the molecule is CCc1cccc2c(OC(=O)C3CCCCC3C(=O)O)c3c(CC)cccc3cc12. The summed E-state index contributed by atoms with van der Waals surface area (Å²) in [6.45, 7) is 4.21. The Balaban J connectivity index is 1.89. The third-order valence-corrected chi connectivity index (χ3v) is 6.50. The average molecular weight is 405 g/mol. The minimum Gasteiger partial charge on any atom is -0.481 e. The molecule has 0 bridgehead atoms. The van der Waals surface area contributed by atoms with Gasteiger partial charge in [-0.25, -0.2) is 0 Å². The summed E-state index contributed by atoms with van der Waals surface area (Å²) >= 11 is 0. The Labute approximate surface area is 176 Å². The Morgan fingerprint density at radius 1 is 0.933 bits per heavy atom. The molecule has 0 radical (unpaired) electrons. The van der Waals surface area contributed by atoms with Gasteiger partial charge in [-0.05, 0) is 53.6 Å². The molecule has 2 unspecified atom stereocenters. The lowest BCUT2D eigenvalue weighted by Gasteiger charge is -2.27. The number of carbonyl (C=O) groups is 2. The minimum absolute atomic E-state index is 0.413. The van der Waals surface area contributed by atoms with Crippen LogP contribution in [0.2, 0.25) is 0 Å². The summed E-state index contributed by atoms with van der Waals surface area (Å²) in [4.78, 5) is 25.0. The number of aryl methyl sites for hydroxylation is 2.